The van der Waals surface area contributed by atoms with Crippen molar-refractivity contribution >= 4 is 21.7 Å². The van der Waals surface area contributed by atoms with Crippen molar-refractivity contribution in [2.24, 2.45) is 0 Å². The smallest absolute Gasteiger partial charge is 0.305 e. The van der Waals surface area contributed by atoms with Gasteiger partial charge < -0.3 is 5.11 Å². The van der Waals surface area contributed by atoms with E-state index in [2.05, 4.69) is 20.0 Å². The molecule has 2 aromatic rings. The summed E-state index contributed by atoms with van der Waals surface area (Å²) in [5, 5.41) is 19.0. The highest BCUT2D eigenvalue weighted by atomic mass is 32.2. The Morgan fingerprint density at radius 2 is 2.19 bits per heavy atom. The number of sulfonamides is 1. The lowest BCUT2D eigenvalue weighted by Gasteiger charge is -2.05. The number of aromatic nitrogens is 4. The second kappa shape index (κ2) is 5.56. The number of carbonyl (C=O) groups is 1. The van der Waals surface area contributed by atoms with E-state index in [1.165, 1.54) is 17.1 Å². The van der Waals surface area contributed by atoms with Crippen LogP contribution < -0.4 is 4.72 Å². The number of H-pyrrole nitrogens is 1. The van der Waals surface area contributed by atoms with Gasteiger partial charge in [-0.15, -0.1) is 0 Å². The first-order valence-corrected chi connectivity index (χ1v) is 7.56. The number of aromatic amines is 1. The minimum atomic E-state index is -3.79. The van der Waals surface area contributed by atoms with E-state index in [0.717, 1.165) is 0 Å². The lowest BCUT2D eigenvalue weighted by Crippen LogP contribution is -2.13. The van der Waals surface area contributed by atoms with E-state index < -0.39 is 16.0 Å². The van der Waals surface area contributed by atoms with Gasteiger partial charge in [-0.25, -0.2) is 8.42 Å². The Labute approximate surface area is 121 Å². The van der Waals surface area contributed by atoms with Gasteiger partial charge in [0.1, 0.15) is 4.90 Å². The summed E-state index contributed by atoms with van der Waals surface area (Å²) in [5.41, 5.74) is 1.54. The third-order valence-electron chi connectivity index (χ3n) is 2.84. The monoisotopic (exact) mass is 313 g/mol. The van der Waals surface area contributed by atoms with Crippen LogP contribution in [0.3, 0.4) is 0 Å². The third kappa shape index (κ3) is 3.40. The number of carboxylic acid groups (broad SMARTS) is 1. The Hall–Kier alpha value is -2.36. The molecule has 0 amide bonds. The molecule has 21 heavy (non-hydrogen) atoms. The van der Waals surface area contributed by atoms with E-state index in [4.69, 9.17) is 5.11 Å². The SMILES string of the molecule is Cc1n[nH]c(C)c1NS(=O)(=O)c1cnn(CCC(=O)O)c1. The van der Waals surface area contributed by atoms with Crippen LogP contribution in [0.1, 0.15) is 17.8 Å². The molecule has 0 aliphatic rings. The molecule has 2 heterocycles. The van der Waals surface area contributed by atoms with Crippen LogP contribution in [-0.4, -0.2) is 39.5 Å². The number of aryl methyl sites for hydroxylation is 3. The highest BCUT2D eigenvalue weighted by molar-refractivity contribution is 7.92. The van der Waals surface area contributed by atoms with Crippen LogP contribution in [0.4, 0.5) is 5.69 Å². The first kappa shape index (κ1) is 15.0. The summed E-state index contributed by atoms with van der Waals surface area (Å²) in [6.07, 6.45) is 2.33. The standard InChI is InChI=1S/C11H15N5O4S/c1-7-11(8(2)14-13-7)15-21(19,20)9-5-12-16(6-9)4-3-10(17)18/h5-6,15H,3-4H2,1-2H3,(H,13,14)(H,17,18). The fourth-order valence-electron chi connectivity index (χ4n) is 1.71. The molecule has 0 aromatic carbocycles. The van der Waals surface area contributed by atoms with E-state index in [1.54, 1.807) is 13.8 Å². The van der Waals surface area contributed by atoms with Gasteiger partial charge in [-0.1, -0.05) is 0 Å². The highest BCUT2D eigenvalue weighted by Crippen LogP contribution is 2.20. The summed E-state index contributed by atoms with van der Waals surface area (Å²) in [7, 11) is -3.79. The van der Waals surface area contributed by atoms with Gasteiger partial charge in [0.05, 0.1) is 36.2 Å². The van der Waals surface area contributed by atoms with Crippen LogP contribution in [0.15, 0.2) is 17.3 Å². The number of carboxylic acids is 1. The molecule has 0 saturated heterocycles. The third-order valence-corrected chi connectivity index (χ3v) is 4.14. The fraction of sp³-hybridized carbons (Fsp3) is 0.364. The van der Waals surface area contributed by atoms with Crippen molar-refractivity contribution in [2.45, 2.75) is 31.7 Å². The predicted molar refractivity (Wildman–Crippen MR) is 73.4 cm³/mol. The summed E-state index contributed by atoms with van der Waals surface area (Å²) in [6.45, 7) is 3.49. The normalized spacial score (nSPS) is 11.5. The number of hydrogen-bond donors (Lipinski definition) is 3. The highest BCUT2D eigenvalue weighted by Gasteiger charge is 2.20. The van der Waals surface area contributed by atoms with E-state index in [-0.39, 0.29) is 17.9 Å². The van der Waals surface area contributed by atoms with Gasteiger partial charge >= 0.3 is 5.97 Å². The summed E-state index contributed by atoms with van der Waals surface area (Å²) in [4.78, 5) is 10.4. The number of nitrogens with one attached hydrogen (secondary N) is 2. The zero-order valence-electron chi connectivity index (χ0n) is 11.5. The first-order chi connectivity index (χ1) is 9.79. The number of aliphatic carboxylic acids is 1. The van der Waals surface area contributed by atoms with Gasteiger partial charge in [-0.2, -0.15) is 10.2 Å². The Kier molecular flexibility index (Phi) is 3.98. The second-order valence-electron chi connectivity index (χ2n) is 4.50. The lowest BCUT2D eigenvalue weighted by molar-refractivity contribution is -0.137. The predicted octanol–water partition coefficient (Wildman–Crippen LogP) is 0.499. The van der Waals surface area contributed by atoms with Crippen molar-refractivity contribution in [3.05, 3.63) is 23.8 Å². The van der Waals surface area contributed by atoms with Gasteiger partial charge in [-0.3, -0.25) is 19.3 Å². The van der Waals surface area contributed by atoms with Crippen LogP contribution in [0.25, 0.3) is 0 Å². The van der Waals surface area contributed by atoms with Crippen molar-refractivity contribution in [1.82, 2.24) is 20.0 Å². The maximum atomic E-state index is 12.2. The van der Waals surface area contributed by atoms with E-state index >= 15 is 0 Å². The number of anilines is 1. The zero-order valence-corrected chi connectivity index (χ0v) is 12.3. The van der Waals surface area contributed by atoms with Crippen molar-refractivity contribution in [3.63, 3.8) is 0 Å². The molecule has 0 unspecified atom stereocenters. The molecule has 0 spiro atoms. The van der Waals surface area contributed by atoms with E-state index in [9.17, 15) is 13.2 Å². The molecule has 114 valence electrons. The average molecular weight is 313 g/mol. The maximum absolute atomic E-state index is 12.2. The molecule has 9 nitrogen and oxygen atoms in total. The molecule has 0 aliphatic carbocycles. The number of hydrogen-bond acceptors (Lipinski definition) is 5. The molecule has 3 N–H and O–H groups in total. The number of rotatable bonds is 6. The summed E-state index contributed by atoms with van der Waals surface area (Å²) in [6, 6.07) is 0. The van der Waals surface area contributed by atoms with Gasteiger partial charge in [0.2, 0.25) is 0 Å². The molecule has 0 aliphatic heterocycles. The Morgan fingerprint density at radius 1 is 1.48 bits per heavy atom. The second-order valence-corrected chi connectivity index (χ2v) is 6.18. The van der Waals surface area contributed by atoms with Crippen LogP contribution in [-0.2, 0) is 21.4 Å². The maximum Gasteiger partial charge on any atom is 0.305 e. The Morgan fingerprint density at radius 3 is 2.76 bits per heavy atom. The molecule has 2 rings (SSSR count). The quantitative estimate of drug-likeness (QED) is 0.712. The van der Waals surface area contributed by atoms with Crippen LogP contribution in [0.5, 0.6) is 0 Å². The van der Waals surface area contributed by atoms with Crippen molar-refractivity contribution < 1.29 is 18.3 Å². The zero-order chi connectivity index (χ0) is 15.6. The van der Waals surface area contributed by atoms with E-state index in [1.807, 2.05) is 0 Å². The molecule has 0 atom stereocenters. The summed E-state index contributed by atoms with van der Waals surface area (Å²) >= 11 is 0. The van der Waals surface area contributed by atoms with Gasteiger partial charge in [-0.05, 0) is 13.8 Å². The van der Waals surface area contributed by atoms with Crippen molar-refractivity contribution in [1.29, 1.82) is 0 Å². The lowest BCUT2D eigenvalue weighted by atomic mass is 10.3. The first-order valence-electron chi connectivity index (χ1n) is 6.08. The molecule has 0 radical (unpaired) electrons. The fourth-order valence-corrected chi connectivity index (χ4v) is 2.84. The molecule has 0 saturated carbocycles. The molecule has 0 fully saturated rings. The Balaban J connectivity index is 2.18. The minimum absolute atomic E-state index is 0.0344. The molecular weight excluding hydrogens is 298 g/mol. The molecule has 0 bridgehead atoms. The molecule has 10 heteroatoms. The Bertz CT molecular complexity index is 742. The van der Waals surface area contributed by atoms with Gasteiger partial charge in [0, 0.05) is 6.20 Å². The van der Waals surface area contributed by atoms with Crippen LogP contribution >= 0.6 is 0 Å². The van der Waals surface area contributed by atoms with Crippen molar-refractivity contribution in [2.75, 3.05) is 4.72 Å². The van der Waals surface area contributed by atoms with Crippen LogP contribution in [0.2, 0.25) is 0 Å². The minimum Gasteiger partial charge on any atom is -0.481 e. The van der Waals surface area contributed by atoms with E-state index in [0.29, 0.717) is 17.1 Å². The molecular formula is C11H15N5O4S. The largest absolute Gasteiger partial charge is 0.481 e. The van der Waals surface area contributed by atoms with Gasteiger partial charge in [0.15, 0.2) is 0 Å². The van der Waals surface area contributed by atoms with Crippen molar-refractivity contribution in [3.8, 4) is 0 Å². The topological polar surface area (TPSA) is 130 Å². The summed E-state index contributed by atoms with van der Waals surface area (Å²) in [5.74, 6) is -0.974. The number of nitrogens with zero attached hydrogens (tertiary/aromatic N) is 3. The summed E-state index contributed by atoms with van der Waals surface area (Å²) < 4.78 is 28.2. The van der Waals surface area contributed by atoms with Gasteiger partial charge in [0.25, 0.3) is 10.0 Å². The molecule has 2 aromatic heterocycles. The van der Waals surface area contributed by atoms with Crippen LogP contribution in [0, 0.1) is 13.8 Å². The average Bonchev–Trinajstić information content (AvgIpc) is 2.99.